The molecule has 7 nitrogen and oxygen atoms in total. The normalized spacial score (nSPS) is 16.9. The topological polar surface area (TPSA) is 68.0 Å². The molecule has 1 fully saturated rings. The van der Waals surface area contributed by atoms with Gasteiger partial charge in [-0.3, -0.25) is 9.69 Å². The largest absolute Gasteiger partial charge is 0.454 e. The number of benzene rings is 1. The van der Waals surface area contributed by atoms with Gasteiger partial charge in [0.1, 0.15) is 11.3 Å². The van der Waals surface area contributed by atoms with E-state index in [4.69, 9.17) is 14.0 Å². The summed E-state index contributed by atoms with van der Waals surface area (Å²) in [4.78, 5) is 17.1. The van der Waals surface area contributed by atoms with Crippen LogP contribution in [0.4, 0.5) is 0 Å². The molecule has 0 spiro atoms. The van der Waals surface area contributed by atoms with Crippen molar-refractivity contribution in [1.29, 1.82) is 0 Å². The van der Waals surface area contributed by atoms with Crippen LogP contribution in [0.5, 0.6) is 11.5 Å². The van der Waals surface area contributed by atoms with E-state index in [0.717, 1.165) is 36.8 Å². The first-order valence-electron chi connectivity index (χ1n) is 9.01. The molecule has 4 rings (SSSR count). The number of aromatic nitrogens is 1. The Labute approximate surface area is 152 Å². The number of amides is 1. The number of ether oxygens (including phenoxy) is 2. The fourth-order valence-corrected chi connectivity index (χ4v) is 3.50. The molecular formula is C19H23N3O4. The van der Waals surface area contributed by atoms with Crippen LogP contribution in [0.2, 0.25) is 0 Å². The molecule has 2 aliphatic rings. The van der Waals surface area contributed by atoms with Gasteiger partial charge < -0.3 is 18.9 Å². The average molecular weight is 357 g/mol. The Morgan fingerprint density at radius 3 is 2.69 bits per heavy atom. The monoisotopic (exact) mass is 357 g/mol. The minimum atomic E-state index is 0.0309. The molecule has 1 saturated heterocycles. The van der Waals surface area contributed by atoms with Crippen LogP contribution in [0.15, 0.2) is 22.7 Å². The number of hydrogen-bond donors (Lipinski definition) is 0. The molecule has 1 aromatic carbocycles. The zero-order valence-electron chi connectivity index (χ0n) is 15.2. The third-order valence-electron chi connectivity index (χ3n) is 4.98. The SMILES string of the molecule is CCc1noc(C)c1C(=O)N1CCN(Cc2ccc3c(c2)OCO3)CC1. The van der Waals surface area contributed by atoms with Gasteiger partial charge in [-0.15, -0.1) is 0 Å². The summed E-state index contributed by atoms with van der Waals surface area (Å²) in [5.41, 5.74) is 2.57. The molecule has 0 radical (unpaired) electrons. The van der Waals surface area contributed by atoms with Crippen molar-refractivity contribution in [3.63, 3.8) is 0 Å². The highest BCUT2D eigenvalue weighted by atomic mass is 16.7. The summed E-state index contributed by atoms with van der Waals surface area (Å²) in [7, 11) is 0. The number of piperazine rings is 1. The number of fused-ring (bicyclic) bond motifs is 1. The molecule has 2 aromatic rings. The summed E-state index contributed by atoms with van der Waals surface area (Å²) in [6, 6.07) is 6.06. The first-order valence-corrected chi connectivity index (χ1v) is 9.01. The molecule has 7 heteroatoms. The van der Waals surface area contributed by atoms with Gasteiger partial charge in [-0.1, -0.05) is 18.1 Å². The maximum atomic E-state index is 12.8. The van der Waals surface area contributed by atoms with E-state index in [-0.39, 0.29) is 5.91 Å². The molecule has 26 heavy (non-hydrogen) atoms. The third-order valence-corrected chi connectivity index (χ3v) is 4.98. The van der Waals surface area contributed by atoms with Gasteiger partial charge in [0.25, 0.3) is 5.91 Å². The highest BCUT2D eigenvalue weighted by molar-refractivity contribution is 5.96. The van der Waals surface area contributed by atoms with Gasteiger partial charge in [-0.25, -0.2) is 0 Å². The van der Waals surface area contributed by atoms with Crippen molar-refractivity contribution < 1.29 is 18.8 Å². The zero-order chi connectivity index (χ0) is 18.1. The number of nitrogens with zero attached hydrogens (tertiary/aromatic N) is 3. The maximum Gasteiger partial charge on any atom is 0.259 e. The third kappa shape index (κ3) is 3.14. The predicted molar refractivity (Wildman–Crippen MR) is 94.4 cm³/mol. The van der Waals surface area contributed by atoms with Crippen molar-refractivity contribution >= 4 is 5.91 Å². The lowest BCUT2D eigenvalue weighted by atomic mass is 10.1. The van der Waals surface area contributed by atoms with E-state index in [0.29, 0.717) is 37.6 Å². The van der Waals surface area contributed by atoms with Crippen molar-refractivity contribution in [3.8, 4) is 11.5 Å². The Morgan fingerprint density at radius 2 is 1.92 bits per heavy atom. The lowest BCUT2D eigenvalue weighted by Gasteiger charge is -2.34. The van der Waals surface area contributed by atoms with E-state index in [1.807, 2.05) is 24.0 Å². The average Bonchev–Trinajstić information content (AvgIpc) is 3.27. The second-order valence-corrected chi connectivity index (χ2v) is 6.67. The second kappa shape index (κ2) is 6.99. The lowest BCUT2D eigenvalue weighted by molar-refractivity contribution is 0.0626. The Bertz CT molecular complexity index is 809. The molecule has 0 aliphatic carbocycles. The van der Waals surface area contributed by atoms with Crippen LogP contribution in [0.1, 0.15) is 34.3 Å². The molecule has 138 valence electrons. The van der Waals surface area contributed by atoms with Crippen molar-refractivity contribution in [3.05, 3.63) is 40.8 Å². The molecule has 0 bridgehead atoms. The molecule has 0 atom stereocenters. The molecule has 1 amide bonds. The van der Waals surface area contributed by atoms with Gasteiger partial charge in [-0.05, 0) is 31.0 Å². The van der Waals surface area contributed by atoms with E-state index in [9.17, 15) is 4.79 Å². The smallest absolute Gasteiger partial charge is 0.259 e. The first-order chi connectivity index (χ1) is 12.7. The molecule has 0 N–H and O–H groups in total. The summed E-state index contributed by atoms with van der Waals surface area (Å²) >= 11 is 0. The molecule has 1 aromatic heterocycles. The number of carbonyl (C=O) groups excluding carboxylic acids is 1. The van der Waals surface area contributed by atoms with Crippen molar-refractivity contribution in [2.75, 3.05) is 33.0 Å². The summed E-state index contributed by atoms with van der Waals surface area (Å²) in [5.74, 6) is 2.25. The molecule has 3 heterocycles. The van der Waals surface area contributed by atoms with Gasteiger partial charge >= 0.3 is 0 Å². The van der Waals surface area contributed by atoms with Crippen LogP contribution in [-0.4, -0.2) is 53.8 Å². The van der Waals surface area contributed by atoms with E-state index in [2.05, 4.69) is 16.1 Å². The summed E-state index contributed by atoms with van der Waals surface area (Å²) in [5, 5.41) is 3.99. The molecule has 0 saturated carbocycles. The van der Waals surface area contributed by atoms with Gasteiger partial charge in [-0.2, -0.15) is 0 Å². The van der Waals surface area contributed by atoms with Gasteiger partial charge in [0.15, 0.2) is 11.5 Å². The van der Waals surface area contributed by atoms with Crippen LogP contribution in [0.25, 0.3) is 0 Å². The Hall–Kier alpha value is -2.54. The number of aryl methyl sites for hydroxylation is 2. The van der Waals surface area contributed by atoms with Gasteiger partial charge in [0, 0.05) is 32.7 Å². The highest BCUT2D eigenvalue weighted by Gasteiger charge is 2.27. The van der Waals surface area contributed by atoms with Gasteiger partial charge in [0.2, 0.25) is 6.79 Å². The zero-order valence-corrected chi connectivity index (χ0v) is 15.2. The van der Waals surface area contributed by atoms with Crippen LogP contribution >= 0.6 is 0 Å². The van der Waals surface area contributed by atoms with Crippen molar-refractivity contribution in [2.24, 2.45) is 0 Å². The van der Waals surface area contributed by atoms with Gasteiger partial charge in [0.05, 0.1) is 5.69 Å². The van der Waals surface area contributed by atoms with Crippen LogP contribution < -0.4 is 9.47 Å². The minimum Gasteiger partial charge on any atom is -0.454 e. The van der Waals surface area contributed by atoms with E-state index in [1.54, 1.807) is 6.92 Å². The fraction of sp³-hybridized carbons (Fsp3) is 0.474. The van der Waals surface area contributed by atoms with E-state index < -0.39 is 0 Å². The number of rotatable bonds is 4. The molecule has 2 aliphatic heterocycles. The summed E-state index contributed by atoms with van der Waals surface area (Å²) in [6.45, 7) is 8.01. The Kier molecular flexibility index (Phi) is 4.55. The number of hydrogen-bond acceptors (Lipinski definition) is 6. The maximum absolute atomic E-state index is 12.8. The summed E-state index contributed by atoms with van der Waals surface area (Å²) < 4.78 is 16.0. The van der Waals surface area contributed by atoms with Crippen molar-refractivity contribution in [1.82, 2.24) is 15.0 Å². The molecular weight excluding hydrogens is 334 g/mol. The van der Waals surface area contributed by atoms with E-state index >= 15 is 0 Å². The fourth-order valence-electron chi connectivity index (χ4n) is 3.50. The Balaban J connectivity index is 1.37. The van der Waals surface area contributed by atoms with Crippen LogP contribution in [0.3, 0.4) is 0 Å². The van der Waals surface area contributed by atoms with Crippen LogP contribution in [-0.2, 0) is 13.0 Å². The quantitative estimate of drug-likeness (QED) is 0.836. The number of carbonyl (C=O) groups is 1. The lowest BCUT2D eigenvalue weighted by Crippen LogP contribution is -2.48. The molecule has 0 unspecified atom stereocenters. The summed E-state index contributed by atoms with van der Waals surface area (Å²) in [6.07, 6.45) is 0.697. The second-order valence-electron chi connectivity index (χ2n) is 6.67. The highest BCUT2D eigenvalue weighted by Crippen LogP contribution is 2.32. The Morgan fingerprint density at radius 1 is 1.15 bits per heavy atom. The minimum absolute atomic E-state index is 0.0309. The standard InChI is InChI=1S/C19H23N3O4/c1-3-15-18(13(2)26-20-15)19(23)22-8-6-21(7-9-22)11-14-4-5-16-17(10-14)25-12-24-16/h4-5,10H,3,6-9,11-12H2,1-2H3. The van der Waals surface area contributed by atoms with E-state index in [1.165, 1.54) is 5.56 Å². The predicted octanol–water partition coefficient (Wildman–Crippen LogP) is 2.23. The van der Waals surface area contributed by atoms with Crippen LogP contribution in [0, 0.1) is 6.92 Å². The first kappa shape index (κ1) is 16.9. The van der Waals surface area contributed by atoms with Crippen molar-refractivity contribution in [2.45, 2.75) is 26.8 Å².